The quantitative estimate of drug-likeness (QED) is 0.508. The summed E-state index contributed by atoms with van der Waals surface area (Å²) in [5, 5.41) is 3.27. The van der Waals surface area contributed by atoms with Crippen LogP contribution in [0.1, 0.15) is 6.92 Å². The lowest BCUT2D eigenvalue weighted by Gasteiger charge is -2.36. The molecule has 2 aliphatic heterocycles. The summed E-state index contributed by atoms with van der Waals surface area (Å²) in [7, 11) is 0. The normalized spacial score (nSPS) is 18.3. The monoisotopic (exact) mass is 520 g/mol. The molecule has 2 aliphatic rings. The number of halogens is 3. The van der Waals surface area contributed by atoms with Crippen LogP contribution in [0, 0.1) is 0 Å². The second kappa shape index (κ2) is 10.5. The maximum absolute atomic E-state index is 13.3. The number of hydrogen-bond acceptors (Lipinski definition) is 8. The first-order valence-electron chi connectivity index (χ1n) is 12.0. The van der Waals surface area contributed by atoms with E-state index in [-0.39, 0.29) is 17.9 Å². The van der Waals surface area contributed by atoms with Crippen LogP contribution in [0.5, 0.6) is 5.75 Å². The zero-order chi connectivity index (χ0) is 26.0. The fourth-order valence-corrected chi connectivity index (χ4v) is 4.48. The second-order valence-corrected chi connectivity index (χ2v) is 8.85. The number of amides is 1. The van der Waals surface area contributed by atoms with Crippen molar-refractivity contribution in [3.8, 4) is 17.0 Å². The Hall–Kier alpha value is -3.42. The van der Waals surface area contributed by atoms with E-state index in [0.29, 0.717) is 55.6 Å². The molecule has 4 heterocycles. The summed E-state index contributed by atoms with van der Waals surface area (Å²) in [6, 6.07) is 4.86. The van der Waals surface area contributed by atoms with Gasteiger partial charge in [-0.3, -0.25) is 19.1 Å². The lowest BCUT2D eigenvalue weighted by Crippen LogP contribution is -2.53. The Morgan fingerprint density at radius 2 is 1.86 bits per heavy atom. The molecule has 0 radical (unpaired) electrons. The number of anilines is 1. The first-order valence-corrected chi connectivity index (χ1v) is 12.0. The standard InChI is InChI=1S/C24H27F3N6O4/c1-16(23(34)32-10-8-31(9-11-32)15-20-35-12-13-36-20)29-22-21(30-19-14-28-6-7-33(19)22)17-2-4-18(5-3-17)37-24(25,26)27/h2-7,14,16,20,29H,8-13,15H2,1H3. The van der Waals surface area contributed by atoms with Crippen molar-refractivity contribution < 1.29 is 32.2 Å². The molecule has 2 fully saturated rings. The molecule has 0 bridgehead atoms. The fraction of sp³-hybridized carbons (Fsp3) is 0.458. The van der Waals surface area contributed by atoms with Crippen LogP contribution in [0.2, 0.25) is 0 Å². The lowest BCUT2D eigenvalue weighted by molar-refractivity contribution is -0.274. The van der Waals surface area contributed by atoms with Gasteiger partial charge in [0.2, 0.25) is 5.91 Å². The van der Waals surface area contributed by atoms with Crippen molar-refractivity contribution in [2.24, 2.45) is 0 Å². The van der Waals surface area contributed by atoms with Crippen molar-refractivity contribution in [3.05, 3.63) is 42.9 Å². The Bertz CT molecular complexity index is 1220. The van der Waals surface area contributed by atoms with Crippen LogP contribution in [-0.4, -0.2) is 94.7 Å². The number of rotatable bonds is 7. The second-order valence-electron chi connectivity index (χ2n) is 8.85. The molecule has 0 spiro atoms. The lowest BCUT2D eigenvalue weighted by atomic mass is 10.1. The van der Waals surface area contributed by atoms with Crippen LogP contribution in [0.15, 0.2) is 42.9 Å². The SMILES string of the molecule is CC(Nc1c(-c2ccc(OC(F)(F)F)cc2)nc2cnccn12)C(=O)N1CCN(CC2OCCO2)CC1. The number of nitrogens with zero attached hydrogens (tertiary/aromatic N) is 5. The van der Waals surface area contributed by atoms with Gasteiger partial charge in [-0.2, -0.15) is 0 Å². The highest BCUT2D eigenvalue weighted by atomic mass is 19.4. The largest absolute Gasteiger partial charge is 0.573 e. The maximum atomic E-state index is 13.3. The van der Waals surface area contributed by atoms with Crippen LogP contribution in [0.4, 0.5) is 19.0 Å². The number of piperazine rings is 1. The van der Waals surface area contributed by atoms with E-state index in [0.717, 1.165) is 13.1 Å². The van der Waals surface area contributed by atoms with Crippen molar-refractivity contribution in [3.63, 3.8) is 0 Å². The van der Waals surface area contributed by atoms with Gasteiger partial charge in [0.15, 0.2) is 11.9 Å². The molecular weight excluding hydrogens is 493 g/mol. The zero-order valence-electron chi connectivity index (χ0n) is 20.1. The molecule has 13 heteroatoms. The highest BCUT2D eigenvalue weighted by molar-refractivity contribution is 5.86. The van der Waals surface area contributed by atoms with E-state index in [2.05, 4.69) is 24.9 Å². The van der Waals surface area contributed by atoms with Crippen LogP contribution in [0.3, 0.4) is 0 Å². The number of carbonyl (C=O) groups excluding carboxylic acids is 1. The molecule has 1 aromatic carbocycles. The topological polar surface area (TPSA) is 93.5 Å². The van der Waals surface area contributed by atoms with Gasteiger partial charge in [-0.15, -0.1) is 13.2 Å². The number of ether oxygens (including phenoxy) is 3. The highest BCUT2D eigenvalue weighted by Gasteiger charge is 2.31. The van der Waals surface area contributed by atoms with Gasteiger partial charge in [0, 0.05) is 50.7 Å². The summed E-state index contributed by atoms with van der Waals surface area (Å²) < 4.78 is 54.4. The van der Waals surface area contributed by atoms with Crippen LogP contribution in [-0.2, 0) is 14.3 Å². The van der Waals surface area contributed by atoms with Crippen molar-refractivity contribution in [2.45, 2.75) is 25.6 Å². The molecule has 0 aliphatic carbocycles. The van der Waals surface area contributed by atoms with Gasteiger partial charge < -0.3 is 24.4 Å². The average Bonchev–Trinajstić information content (AvgIpc) is 3.52. The maximum Gasteiger partial charge on any atom is 0.573 e. The van der Waals surface area contributed by atoms with Crippen LogP contribution in [0.25, 0.3) is 16.9 Å². The van der Waals surface area contributed by atoms with Crippen molar-refractivity contribution in [1.29, 1.82) is 0 Å². The van der Waals surface area contributed by atoms with E-state index < -0.39 is 12.4 Å². The Morgan fingerprint density at radius 3 is 2.54 bits per heavy atom. The average molecular weight is 521 g/mol. The summed E-state index contributed by atoms with van der Waals surface area (Å²) in [6.07, 6.45) is -0.118. The van der Waals surface area contributed by atoms with E-state index in [9.17, 15) is 18.0 Å². The predicted molar refractivity (Wildman–Crippen MR) is 127 cm³/mol. The van der Waals surface area contributed by atoms with E-state index in [1.54, 1.807) is 29.9 Å². The highest BCUT2D eigenvalue weighted by Crippen LogP contribution is 2.31. The smallest absolute Gasteiger partial charge is 0.406 e. The van der Waals surface area contributed by atoms with Crippen molar-refractivity contribution >= 4 is 17.4 Å². The molecule has 2 saturated heterocycles. The minimum atomic E-state index is -4.78. The third kappa shape index (κ3) is 5.95. The first kappa shape index (κ1) is 25.2. The fourth-order valence-electron chi connectivity index (χ4n) is 4.48. The third-order valence-corrected chi connectivity index (χ3v) is 6.30. The van der Waals surface area contributed by atoms with Crippen molar-refractivity contribution in [2.75, 3.05) is 51.3 Å². The number of nitrogens with one attached hydrogen (secondary N) is 1. The molecule has 1 amide bonds. The summed E-state index contributed by atoms with van der Waals surface area (Å²) >= 11 is 0. The number of imidazole rings is 1. The molecule has 1 N–H and O–H groups in total. The van der Waals surface area contributed by atoms with Crippen molar-refractivity contribution in [1.82, 2.24) is 24.2 Å². The number of aromatic nitrogens is 3. The van der Waals surface area contributed by atoms with Gasteiger partial charge in [-0.05, 0) is 31.2 Å². The summed E-state index contributed by atoms with van der Waals surface area (Å²) in [5.74, 6) is 0.152. The van der Waals surface area contributed by atoms with E-state index in [1.165, 1.54) is 24.3 Å². The summed E-state index contributed by atoms with van der Waals surface area (Å²) in [6.45, 7) is 6.30. The molecule has 198 valence electrons. The number of carbonyl (C=O) groups is 1. The molecule has 10 nitrogen and oxygen atoms in total. The number of hydrogen-bond donors (Lipinski definition) is 1. The van der Waals surface area contributed by atoms with Gasteiger partial charge in [-0.25, -0.2) is 4.98 Å². The zero-order valence-corrected chi connectivity index (χ0v) is 20.1. The number of alkyl halides is 3. The molecule has 3 aromatic rings. The van der Waals surface area contributed by atoms with Gasteiger partial charge in [0.25, 0.3) is 0 Å². The van der Waals surface area contributed by atoms with E-state index in [4.69, 9.17) is 9.47 Å². The third-order valence-electron chi connectivity index (χ3n) is 6.30. The molecule has 5 rings (SSSR count). The number of fused-ring (bicyclic) bond motifs is 1. The van der Waals surface area contributed by atoms with Gasteiger partial charge in [0.05, 0.1) is 19.4 Å². The molecular formula is C24H27F3N6O4. The Labute approximate surface area is 210 Å². The van der Waals surface area contributed by atoms with Gasteiger partial charge in [0.1, 0.15) is 23.3 Å². The van der Waals surface area contributed by atoms with E-state index >= 15 is 0 Å². The van der Waals surface area contributed by atoms with Crippen LogP contribution < -0.4 is 10.1 Å². The first-order chi connectivity index (χ1) is 17.8. The summed E-state index contributed by atoms with van der Waals surface area (Å²) in [4.78, 5) is 26.0. The van der Waals surface area contributed by atoms with Crippen LogP contribution >= 0.6 is 0 Å². The van der Waals surface area contributed by atoms with Gasteiger partial charge in [-0.1, -0.05) is 0 Å². The summed E-state index contributed by atoms with van der Waals surface area (Å²) in [5.41, 5.74) is 1.57. The molecule has 37 heavy (non-hydrogen) atoms. The van der Waals surface area contributed by atoms with E-state index in [1.807, 2.05) is 4.90 Å². The Morgan fingerprint density at radius 1 is 1.16 bits per heavy atom. The molecule has 0 saturated carbocycles. The predicted octanol–water partition coefficient (Wildman–Crippen LogP) is 2.61. The van der Waals surface area contributed by atoms with Gasteiger partial charge >= 0.3 is 6.36 Å². The Kier molecular flexibility index (Phi) is 7.17. The Balaban J connectivity index is 1.29. The number of benzene rings is 1. The minimum Gasteiger partial charge on any atom is -0.406 e. The molecule has 2 aromatic heterocycles. The molecule has 1 unspecified atom stereocenters. The molecule has 1 atom stereocenters. The minimum absolute atomic E-state index is 0.0584.